The summed E-state index contributed by atoms with van der Waals surface area (Å²) in [4.78, 5) is 27.2. The number of rotatable bonds is 5. The van der Waals surface area contributed by atoms with Crippen LogP contribution in [-0.4, -0.2) is 46.5 Å². The summed E-state index contributed by atoms with van der Waals surface area (Å²) in [7, 11) is 0. The molecule has 1 N–H and O–H groups in total. The molecule has 160 valence electrons. The number of benzene rings is 2. The first kappa shape index (κ1) is 21.1. The highest BCUT2D eigenvalue weighted by Crippen LogP contribution is 2.26. The van der Waals surface area contributed by atoms with Crippen molar-refractivity contribution in [1.82, 2.24) is 10.1 Å². The maximum atomic E-state index is 13.2. The van der Waals surface area contributed by atoms with Crippen molar-refractivity contribution in [3.05, 3.63) is 71.2 Å². The number of aryl methyl sites for hydroxylation is 1. The van der Waals surface area contributed by atoms with E-state index in [-0.39, 0.29) is 17.6 Å². The molecule has 0 saturated carbocycles. The van der Waals surface area contributed by atoms with Gasteiger partial charge in [-0.3, -0.25) is 9.59 Å². The van der Waals surface area contributed by atoms with Gasteiger partial charge in [0.25, 0.3) is 5.91 Å². The average Bonchev–Trinajstić information content (AvgIpc) is 3.17. The van der Waals surface area contributed by atoms with Gasteiger partial charge in [-0.05, 0) is 48.9 Å². The summed E-state index contributed by atoms with van der Waals surface area (Å²) in [5.74, 6) is 1.73. The van der Waals surface area contributed by atoms with Gasteiger partial charge >= 0.3 is 0 Å². The standard InChI is InChI=1S/C23H22FN3O3S/c1-15-21(22(26-30-15)17-4-6-18(24)7-5-17)23(29)25-19-8-2-16(3-9-19)14-20(28)27-10-12-31-13-11-27/h2-9H,10-14H2,1H3,(H,25,29). The Morgan fingerprint density at radius 1 is 1.10 bits per heavy atom. The molecule has 2 aromatic carbocycles. The maximum Gasteiger partial charge on any atom is 0.261 e. The Balaban J connectivity index is 1.44. The molecule has 0 atom stereocenters. The van der Waals surface area contributed by atoms with Gasteiger partial charge in [0.2, 0.25) is 5.91 Å². The summed E-state index contributed by atoms with van der Waals surface area (Å²) in [6.45, 7) is 3.25. The van der Waals surface area contributed by atoms with E-state index in [0.717, 1.165) is 30.2 Å². The molecule has 0 bridgehead atoms. The number of halogens is 1. The predicted octanol–water partition coefficient (Wildman–Crippen LogP) is 4.16. The lowest BCUT2D eigenvalue weighted by Gasteiger charge is -2.26. The van der Waals surface area contributed by atoms with Gasteiger partial charge in [-0.1, -0.05) is 17.3 Å². The van der Waals surface area contributed by atoms with Crippen LogP contribution in [0, 0.1) is 12.7 Å². The molecule has 1 fully saturated rings. The third kappa shape index (κ3) is 4.96. The molecule has 0 spiro atoms. The molecule has 2 amide bonds. The smallest absolute Gasteiger partial charge is 0.261 e. The van der Waals surface area contributed by atoms with Crippen molar-refractivity contribution in [3.63, 3.8) is 0 Å². The highest BCUT2D eigenvalue weighted by molar-refractivity contribution is 7.99. The second-order valence-corrected chi connectivity index (χ2v) is 8.51. The number of amides is 2. The van der Waals surface area contributed by atoms with Crippen molar-refractivity contribution in [2.75, 3.05) is 29.9 Å². The fourth-order valence-corrected chi connectivity index (χ4v) is 4.35. The SMILES string of the molecule is Cc1onc(-c2ccc(F)cc2)c1C(=O)Nc1ccc(CC(=O)N2CCSCC2)cc1. The largest absolute Gasteiger partial charge is 0.360 e. The number of aromatic nitrogens is 1. The van der Waals surface area contributed by atoms with Crippen molar-refractivity contribution in [2.45, 2.75) is 13.3 Å². The second kappa shape index (κ2) is 9.34. The number of nitrogens with one attached hydrogen (secondary N) is 1. The summed E-state index contributed by atoms with van der Waals surface area (Å²) < 4.78 is 18.4. The highest BCUT2D eigenvalue weighted by atomic mass is 32.2. The molecule has 8 heteroatoms. The van der Waals surface area contributed by atoms with Crippen LogP contribution < -0.4 is 5.32 Å². The average molecular weight is 440 g/mol. The summed E-state index contributed by atoms with van der Waals surface area (Å²) in [5.41, 5.74) is 2.75. The minimum atomic E-state index is -0.368. The Morgan fingerprint density at radius 3 is 2.45 bits per heavy atom. The van der Waals surface area contributed by atoms with Gasteiger partial charge in [0.1, 0.15) is 22.8 Å². The molecule has 6 nitrogen and oxygen atoms in total. The third-order valence-corrected chi connectivity index (χ3v) is 6.08. The number of nitrogens with zero attached hydrogens (tertiary/aromatic N) is 2. The van der Waals surface area contributed by atoms with Gasteiger partial charge in [-0.15, -0.1) is 0 Å². The second-order valence-electron chi connectivity index (χ2n) is 7.29. The van der Waals surface area contributed by atoms with Gasteiger partial charge < -0.3 is 14.7 Å². The van der Waals surface area contributed by atoms with Crippen LogP contribution in [0.15, 0.2) is 53.1 Å². The van der Waals surface area contributed by atoms with Crippen LogP contribution in [0.25, 0.3) is 11.3 Å². The van der Waals surface area contributed by atoms with Crippen LogP contribution in [0.3, 0.4) is 0 Å². The number of carbonyl (C=O) groups is 2. The number of carbonyl (C=O) groups excluding carboxylic acids is 2. The van der Waals surface area contributed by atoms with Gasteiger partial charge in [-0.25, -0.2) is 4.39 Å². The van der Waals surface area contributed by atoms with E-state index >= 15 is 0 Å². The van der Waals surface area contributed by atoms with E-state index in [4.69, 9.17) is 4.52 Å². The first-order chi connectivity index (χ1) is 15.0. The predicted molar refractivity (Wildman–Crippen MR) is 119 cm³/mol. The molecule has 0 unspecified atom stereocenters. The zero-order valence-corrected chi connectivity index (χ0v) is 17.9. The summed E-state index contributed by atoms with van der Waals surface area (Å²) >= 11 is 1.87. The van der Waals surface area contributed by atoms with Crippen molar-refractivity contribution >= 4 is 29.3 Å². The summed E-state index contributed by atoms with van der Waals surface area (Å²) in [5, 5.41) is 6.81. The van der Waals surface area contributed by atoms with E-state index in [0.29, 0.717) is 34.7 Å². The van der Waals surface area contributed by atoms with Crippen molar-refractivity contribution in [3.8, 4) is 11.3 Å². The van der Waals surface area contributed by atoms with E-state index in [2.05, 4.69) is 10.5 Å². The van der Waals surface area contributed by atoms with E-state index in [1.54, 1.807) is 31.2 Å². The van der Waals surface area contributed by atoms with Crippen LogP contribution in [0.4, 0.5) is 10.1 Å². The summed E-state index contributed by atoms with van der Waals surface area (Å²) in [6.07, 6.45) is 0.346. The molecule has 3 aromatic rings. The number of thioether (sulfide) groups is 1. The molecule has 4 rings (SSSR count). The molecular weight excluding hydrogens is 417 g/mol. The Bertz CT molecular complexity index is 1070. The molecule has 1 aliphatic heterocycles. The Kier molecular flexibility index (Phi) is 6.36. The zero-order valence-electron chi connectivity index (χ0n) is 17.1. The first-order valence-corrected chi connectivity index (χ1v) is 11.1. The van der Waals surface area contributed by atoms with Crippen molar-refractivity contribution in [1.29, 1.82) is 0 Å². The summed E-state index contributed by atoms with van der Waals surface area (Å²) in [6, 6.07) is 12.9. The van der Waals surface area contributed by atoms with Crippen LogP contribution in [0.1, 0.15) is 21.7 Å². The molecule has 0 aliphatic carbocycles. The van der Waals surface area contributed by atoms with Crippen LogP contribution in [-0.2, 0) is 11.2 Å². The van der Waals surface area contributed by atoms with E-state index < -0.39 is 0 Å². The molecule has 31 heavy (non-hydrogen) atoms. The monoisotopic (exact) mass is 439 g/mol. The molecule has 0 radical (unpaired) electrons. The molecule has 1 aliphatic rings. The number of anilines is 1. The Hall–Kier alpha value is -3.13. The minimum absolute atomic E-state index is 0.126. The van der Waals surface area contributed by atoms with Crippen LogP contribution >= 0.6 is 11.8 Å². The normalized spacial score (nSPS) is 13.8. The fraction of sp³-hybridized carbons (Fsp3) is 0.261. The van der Waals surface area contributed by atoms with Crippen LogP contribution in [0.2, 0.25) is 0 Å². The van der Waals surface area contributed by atoms with Gasteiger partial charge in [-0.2, -0.15) is 11.8 Å². The lowest BCUT2D eigenvalue weighted by molar-refractivity contribution is -0.130. The van der Waals surface area contributed by atoms with Gasteiger partial charge in [0.15, 0.2) is 0 Å². The van der Waals surface area contributed by atoms with Crippen molar-refractivity contribution < 1.29 is 18.5 Å². The van der Waals surface area contributed by atoms with Crippen LogP contribution in [0.5, 0.6) is 0 Å². The number of hydrogen-bond donors (Lipinski definition) is 1. The molecule has 1 aromatic heterocycles. The minimum Gasteiger partial charge on any atom is -0.360 e. The lowest BCUT2D eigenvalue weighted by atomic mass is 10.1. The molecule has 2 heterocycles. The maximum absolute atomic E-state index is 13.2. The fourth-order valence-electron chi connectivity index (χ4n) is 3.44. The molecule has 1 saturated heterocycles. The third-order valence-electron chi connectivity index (χ3n) is 5.14. The Labute approximate surface area is 183 Å². The van der Waals surface area contributed by atoms with Crippen molar-refractivity contribution in [2.24, 2.45) is 0 Å². The van der Waals surface area contributed by atoms with E-state index in [1.165, 1.54) is 12.1 Å². The molecular formula is C23H22FN3O3S. The first-order valence-electron chi connectivity index (χ1n) is 9.99. The highest BCUT2D eigenvalue weighted by Gasteiger charge is 2.22. The quantitative estimate of drug-likeness (QED) is 0.646. The lowest BCUT2D eigenvalue weighted by Crippen LogP contribution is -2.38. The topological polar surface area (TPSA) is 75.4 Å². The zero-order chi connectivity index (χ0) is 21.8. The Morgan fingerprint density at radius 2 is 1.77 bits per heavy atom. The van der Waals surface area contributed by atoms with Gasteiger partial charge in [0, 0.05) is 35.8 Å². The van der Waals surface area contributed by atoms with E-state index in [9.17, 15) is 14.0 Å². The number of hydrogen-bond acceptors (Lipinski definition) is 5. The van der Waals surface area contributed by atoms with E-state index in [1.807, 2.05) is 28.8 Å². The van der Waals surface area contributed by atoms with Gasteiger partial charge in [0.05, 0.1) is 6.42 Å².